The Labute approximate surface area is 136 Å². The summed E-state index contributed by atoms with van der Waals surface area (Å²) in [7, 11) is 0. The fourth-order valence-electron chi connectivity index (χ4n) is 2.48. The molecule has 0 saturated carbocycles. The normalized spacial score (nSPS) is 17.8. The van der Waals surface area contributed by atoms with Crippen molar-refractivity contribution in [3.8, 4) is 5.75 Å². The van der Waals surface area contributed by atoms with E-state index in [4.69, 9.17) is 4.74 Å². The quantitative estimate of drug-likeness (QED) is 0.926. The van der Waals surface area contributed by atoms with Gasteiger partial charge in [0, 0.05) is 18.5 Å². The maximum Gasteiger partial charge on any atom is 0.180 e. The van der Waals surface area contributed by atoms with Gasteiger partial charge in [-0.3, -0.25) is 4.99 Å². The molecule has 23 heavy (non-hydrogen) atoms. The lowest BCUT2D eigenvalue weighted by molar-refractivity contribution is 0.257. The van der Waals surface area contributed by atoms with E-state index in [-0.39, 0.29) is 17.3 Å². The molecule has 0 radical (unpaired) electrons. The molecule has 3 nitrogen and oxygen atoms in total. The highest BCUT2D eigenvalue weighted by Crippen LogP contribution is 2.26. The topological polar surface area (TPSA) is 33.6 Å². The molecule has 1 aliphatic rings. The van der Waals surface area contributed by atoms with Gasteiger partial charge in [0.05, 0.1) is 0 Å². The first kappa shape index (κ1) is 15.5. The molecule has 0 saturated heterocycles. The van der Waals surface area contributed by atoms with Crippen LogP contribution in [-0.4, -0.2) is 18.9 Å². The molecule has 0 amide bonds. The van der Waals surface area contributed by atoms with Gasteiger partial charge in [-0.05, 0) is 29.8 Å². The molecule has 2 aromatic rings. The van der Waals surface area contributed by atoms with Gasteiger partial charge in [-0.15, -0.1) is 0 Å². The number of hydrogen-bond acceptors (Lipinski definition) is 3. The monoisotopic (exact) mass is 312 g/mol. The summed E-state index contributed by atoms with van der Waals surface area (Å²) >= 11 is 0. The predicted molar refractivity (Wildman–Crippen MR) is 90.3 cm³/mol. The standard InChI is InChI=1S/C19H21FN2O/c1-19(2)12-21-18(22-13-19)17(14-6-4-3-5-7-14)23-16-10-8-15(20)9-11-16/h3-11,17H,12-13H2,1-2H3,(H,21,22). The van der Waals surface area contributed by atoms with Crippen LogP contribution in [0, 0.1) is 11.2 Å². The van der Waals surface area contributed by atoms with Crippen LogP contribution < -0.4 is 10.1 Å². The van der Waals surface area contributed by atoms with E-state index >= 15 is 0 Å². The van der Waals surface area contributed by atoms with Gasteiger partial charge in [-0.2, -0.15) is 0 Å². The Hall–Kier alpha value is -2.36. The van der Waals surface area contributed by atoms with Crippen LogP contribution in [0.25, 0.3) is 0 Å². The van der Waals surface area contributed by atoms with E-state index in [1.807, 2.05) is 30.3 Å². The lowest BCUT2D eigenvalue weighted by Crippen LogP contribution is -2.44. The van der Waals surface area contributed by atoms with Crippen LogP contribution in [-0.2, 0) is 0 Å². The third-order valence-corrected chi connectivity index (χ3v) is 3.84. The van der Waals surface area contributed by atoms with E-state index in [0.29, 0.717) is 5.75 Å². The van der Waals surface area contributed by atoms with Gasteiger partial charge in [-0.1, -0.05) is 44.2 Å². The summed E-state index contributed by atoms with van der Waals surface area (Å²) in [4.78, 5) is 4.68. The summed E-state index contributed by atoms with van der Waals surface area (Å²) in [6.45, 7) is 5.96. The maximum atomic E-state index is 13.1. The zero-order chi connectivity index (χ0) is 16.3. The highest BCUT2D eigenvalue weighted by molar-refractivity contribution is 5.88. The van der Waals surface area contributed by atoms with Crippen LogP contribution in [0.15, 0.2) is 59.6 Å². The Morgan fingerprint density at radius 3 is 2.39 bits per heavy atom. The van der Waals surface area contributed by atoms with E-state index < -0.39 is 0 Å². The number of hydrogen-bond donors (Lipinski definition) is 1. The summed E-state index contributed by atoms with van der Waals surface area (Å²) in [5, 5.41) is 3.39. The number of rotatable bonds is 4. The van der Waals surface area contributed by atoms with Crippen molar-refractivity contribution in [2.45, 2.75) is 20.0 Å². The largest absolute Gasteiger partial charge is 0.478 e. The molecule has 0 fully saturated rings. The third-order valence-electron chi connectivity index (χ3n) is 3.84. The predicted octanol–water partition coefficient (Wildman–Crippen LogP) is 3.97. The smallest absolute Gasteiger partial charge is 0.180 e. The second-order valence-corrected chi connectivity index (χ2v) is 6.58. The van der Waals surface area contributed by atoms with Crippen LogP contribution in [0.3, 0.4) is 0 Å². The number of amidine groups is 1. The molecule has 1 heterocycles. The first-order valence-electron chi connectivity index (χ1n) is 7.79. The van der Waals surface area contributed by atoms with E-state index in [1.54, 1.807) is 12.1 Å². The average molecular weight is 312 g/mol. The fraction of sp³-hybridized carbons (Fsp3) is 0.316. The fourth-order valence-corrected chi connectivity index (χ4v) is 2.48. The van der Waals surface area contributed by atoms with Gasteiger partial charge >= 0.3 is 0 Å². The third kappa shape index (κ3) is 3.89. The SMILES string of the molecule is CC1(C)CN=C(C(Oc2ccc(F)cc2)c2ccccc2)NC1. The molecule has 1 aliphatic heterocycles. The van der Waals surface area contributed by atoms with Crippen LogP contribution >= 0.6 is 0 Å². The van der Waals surface area contributed by atoms with Crippen molar-refractivity contribution in [3.63, 3.8) is 0 Å². The minimum absolute atomic E-state index is 0.139. The first-order chi connectivity index (χ1) is 11.0. The lowest BCUT2D eigenvalue weighted by Gasteiger charge is -2.32. The van der Waals surface area contributed by atoms with Crippen LogP contribution in [0.1, 0.15) is 25.5 Å². The number of aliphatic imine (C=N–C) groups is 1. The summed E-state index contributed by atoms with van der Waals surface area (Å²) in [5.74, 6) is 1.16. The van der Waals surface area contributed by atoms with Gasteiger partial charge in [-0.25, -0.2) is 4.39 Å². The number of ether oxygens (including phenoxy) is 1. The van der Waals surface area contributed by atoms with Gasteiger partial charge in [0.25, 0.3) is 0 Å². The maximum absolute atomic E-state index is 13.1. The molecule has 2 aromatic carbocycles. The van der Waals surface area contributed by atoms with E-state index in [1.165, 1.54) is 12.1 Å². The highest BCUT2D eigenvalue weighted by Gasteiger charge is 2.28. The zero-order valence-electron chi connectivity index (χ0n) is 13.4. The van der Waals surface area contributed by atoms with Crippen molar-refractivity contribution in [2.75, 3.05) is 13.1 Å². The Morgan fingerprint density at radius 2 is 1.78 bits per heavy atom. The minimum Gasteiger partial charge on any atom is -0.478 e. The first-order valence-corrected chi connectivity index (χ1v) is 7.79. The molecule has 0 aromatic heterocycles. The molecule has 4 heteroatoms. The van der Waals surface area contributed by atoms with Crippen molar-refractivity contribution >= 4 is 5.84 Å². The molecule has 1 atom stereocenters. The summed E-state index contributed by atoms with van der Waals surface area (Å²) < 4.78 is 19.2. The molecule has 1 N–H and O–H groups in total. The van der Waals surface area contributed by atoms with Crippen molar-refractivity contribution in [2.24, 2.45) is 10.4 Å². The van der Waals surface area contributed by atoms with E-state index in [2.05, 4.69) is 24.2 Å². The molecule has 0 bridgehead atoms. The van der Waals surface area contributed by atoms with Crippen molar-refractivity contribution in [1.29, 1.82) is 0 Å². The van der Waals surface area contributed by atoms with Crippen molar-refractivity contribution in [1.82, 2.24) is 5.32 Å². The van der Waals surface area contributed by atoms with Gasteiger partial charge in [0.15, 0.2) is 6.10 Å². The summed E-state index contributed by atoms with van der Waals surface area (Å²) in [5.41, 5.74) is 1.16. The van der Waals surface area contributed by atoms with Gasteiger partial charge < -0.3 is 10.1 Å². The van der Waals surface area contributed by atoms with Crippen molar-refractivity contribution in [3.05, 3.63) is 66.0 Å². The Kier molecular flexibility index (Phi) is 4.33. The molecule has 1 unspecified atom stereocenters. The zero-order valence-corrected chi connectivity index (χ0v) is 13.4. The molecule has 0 spiro atoms. The van der Waals surface area contributed by atoms with E-state index in [0.717, 1.165) is 24.5 Å². The van der Waals surface area contributed by atoms with Gasteiger partial charge in [0.2, 0.25) is 0 Å². The van der Waals surface area contributed by atoms with E-state index in [9.17, 15) is 4.39 Å². The summed E-state index contributed by atoms with van der Waals surface area (Å²) in [6.07, 6.45) is -0.322. The Bertz CT molecular complexity index is 680. The number of halogens is 1. The van der Waals surface area contributed by atoms with Gasteiger partial charge in [0.1, 0.15) is 17.4 Å². The van der Waals surface area contributed by atoms with Crippen LogP contribution in [0.4, 0.5) is 4.39 Å². The Balaban J connectivity index is 1.88. The number of benzene rings is 2. The van der Waals surface area contributed by atoms with Crippen LogP contribution in [0.2, 0.25) is 0 Å². The molecular formula is C19H21FN2O. The molecular weight excluding hydrogens is 291 g/mol. The van der Waals surface area contributed by atoms with Crippen LogP contribution in [0.5, 0.6) is 5.75 Å². The second-order valence-electron chi connectivity index (χ2n) is 6.58. The molecule has 120 valence electrons. The van der Waals surface area contributed by atoms with Crippen molar-refractivity contribution < 1.29 is 9.13 Å². The highest BCUT2D eigenvalue weighted by atomic mass is 19.1. The number of nitrogens with one attached hydrogen (secondary N) is 1. The molecule has 0 aliphatic carbocycles. The lowest BCUT2D eigenvalue weighted by atomic mass is 9.92. The second kappa shape index (κ2) is 6.41. The number of nitrogens with zero attached hydrogens (tertiary/aromatic N) is 1. The minimum atomic E-state index is -0.322. The molecule has 3 rings (SSSR count). The summed E-state index contributed by atoms with van der Waals surface area (Å²) in [6, 6.07) is 16.0. The Morgan fingerprint density at radius 1 is 1.09 bits per heavy atom. The average Bonchev–Trinajstić information content (AvgIpc) is 2.56.